The fourth-order valence-corrected chi connectivity index (χ4v) is 5.20. The van der Waals surface area contributed by atoms with Crippen molar-refractivity contribution in [2.45, 2.75) is 38.5 Å². The fraction of sp³-hybridized carbons (Fsp3) is 0.345. The molecule has 0 spiro atoms. The molecule has 4 rings (SSSR count). The zero-order valence-electron chi connectivity index (χ0n) is 22.3. The normalized spacial score (nSPS) is 18.8. The van der Waals surface area contributed by atoms with Crippen LogP contribution in [0, 0.1) is 0 Å². The number of Topliss-reactive ketones (excluding diaryl/α,β-unsaturated/α-hetero) is 1. The van der Waals surface area contributed by atoms with Gasteiger partial charge in [-0.1, -0.05) is 12.1 Å². The second kappa shape index (κ2) is 11.0. The van der Waals surface area contributed by atoms with Crippen LogP contribution in [0.2, 0.25) is 0 Å². The molecule has 9 heteroatoms. The van der Waals surface area contributed by atoms with E-state index < -0.39 is 17.9 Å². The van der Waals surface area contributed by atoms with Crippen LogP contribution in [0.3, 0.4) is 0 Å². The van der Waals surface area contributed by atoms with Gasteiger partial charge < -0.3 is 29.0 Å². The molecule has 200 valence electrons. The standard InChI is InChI=1S/C29H31NO8/c1-15-26(29(33)37-6)27(18-8-10-23(38-16(2)31)25(14-18)36-5)28-20(30-15)11-19(12-21(28)32)17-7-9-22(34-3)24(13-17)35-4/h7-10,13-14,19,27,30H,11-12H2,1-6H3. The molecule has 2 aliphatic rings. The Morgan fingerprint density at radius 1 is 0.842 bits per heavy atom. The van der Waals surface area contributed by atoms with Gasteiger partial charge in [0.15, 0.2) is 28.8 Å². The Bertz CT molecular complexity index is 1360. The van der Waals surface area contributed by atoms with Gasteiger partial charge in [-0.15, -0.1) is 0 Å². The topological polar surface area (TPSA) is 109 Å². The van der Waals surface area contributed by atoms with Gasteiger partial charge in [0.2, 0.25) is 0 Å². The van der Waals surface area contributed by atoms with Crippen molar-refractivity contribution in [2.24, 2.45) is 0 Å². The Hall–Kier alpha value is -4.27. The third kappa shape index (κ3) is 4.96. The molecule has 2 aromatic carbocycles. The Kier molecular flexibility index (Phi) is 7.75. The molecule has 0 bridgehead atoms. The molecule has 2 aromatic rings. The second-order valence-corrected chi connectivity index (χ2v) is 9.13. The summed E-state index contributed by atoms with van der Waals surface area (Å²) >= 11 is 0. The molecular weight excluding hydrogens is 490 g/mol. The van der Waals surface area contributed by atoms with Crippen molar-refractivity contribution in [1.82, 2.24) is 5.32 Å². The van der Waals surface area contributed by atoms with Gasteiger partial charge in [-0.3, -0.25) is 9.59 Å². The smallest absolute Gasteiger partial charge is 0.336 e. The zero-order valence-corrected chi connectivity index (χ0v) is 22.3. The number of methoxy groups -OCH3 is 4. The minimum absolute atomic E-state index is 0.0829. The van der Waals surface area contributed by atoms with Crippen LogP contribution in [0.15, 0.2) is 58.9 Å². The van der Waals surface area contributed by atoms with E-state index in [0.717, 1.165) is 11.3 Å². The molecule has 0 radical (unpaired) electrons. The predicted molar refractivity (Wildman–Crippen MR) is 138 cm³/mol. The van der Waals surface area contributed by atoms with Crippen LogP contribution in [0.5, 0.6) is 23.0 Å². The summed E-state index contributed by atoms with van der Waals surface area (Å²) in [6.45, 7) is 3.09. The highest BCUT2D eigenvalue weighted by molar-refractivity contribution is 6.04. The molecule has 0 fully saturated rings. The van der Waals surface area contributed by atoms with Crippen molar-refractivity contribution >= 4 is 17.7 Å². The number of hydrogen-bond acceptors (Lipinski definition) is 9. The summed E-state index contributed by atoms with van der Waals surface area (Å²) in [7, 11) is 5.92. The molecule has 0 amide bonds. The molecule has 0 saturated carbocycles. The van der Waals surface area contributed by atoms with Gasteiger partial charge in [-0.25, -0.2) is 4.79 Å². The first-order chi connectivity index (χ1) is 18.2. The van der Waals surface area contributed by atoms with Crippen LogP contribution in [0.1, 0.15) is 49.7 Å². The van der Waals surface area contributed by atoms with E-state index in [2.05, 4.69) is 5.32 Å². The van der Waals surface area contributed by atoms with Crippen LogP contribution >= 0.6 is 0 Å². The van der Waals surface area contributed by atoms with Gasteiger partial charge in [-0.2, -0.15) is 0 Å². The number of rotatable bonds is 7. The molecule has 0 aromatic heterocycles. The van der Waals surface area contributed by atoms with Gasteiger partial charge in [0.25, 0.3) is 0 Å². The number of carbonyl (C=O) groups excluding carboxylic acids is 3. The number of allylic oxidation sites excluding steroid dienone is 3. The second-order valence-electron chi connectivity index (χ2n) is 9.13. The van der Waals surface area contributed by atoms with Gasteiger partial charge in [0.05, 0.1) is 34.0 Å². The number of ether oxygens (including phenoxy) is 5. The number of dihydropyridines is 1. The first kappa shape index (κ1) is 26.8. The molecule has 0 saturated heterocycles. The van der Waals surface area contributed by atoms with Crippen LogP contribution in [-0.4, -0.2) is 46.2 Å². The lowest BCUT2D eigenvalue weighted by atomic mass is 9.71. The van der Waals surface area contributed by atoms with Crippen molar-refractivity contribution < 1.29 is 38.1 Å². The Balaban J connectivity index is 1.80. The van der Waals surface area contributed by atoms with Gasteiger partial charge in [0.1, 0.15) is 0 Å². The van der Waals surface area contributed by atoms with Crippen LogP contribution in [0.4, 0.5) is 0 Å². The number of carbonyl (C=O) groups is 3. The summed E-state index contributed by atoms with van der Waals surface area (Å²) in [6.07, 6.45) is 0.810. The molecule has 1 aliphatic heterocycles. The van der Waals surface area contributed by atoms with Crippen molar-refractivity contribution in [1.29, 1.82) is 0 Å². The van der Waals surface area contributed by atoms with E-state index in [0.29, 0.717) is 46.1 Å². The lowest BCUT2D eigenvalue weighted by molar-refractivity contribution is -0.136. The maximum absolute atomic E-state index is 13.8. The lowest BCUT2D eigenvalue weighted by Crippen LogP contribution is -2.36. The van der Waals surface area contributed by atoms with E-state index in [4.69, 9.17) is 23.7 Å². The molecular formula is C29H31NO8. The van der Waals surface area contributed by atoms with Crippen molar-refractivity contribution in [3.8, 4) is 23.0 Å². The molecule has 1 N–H and O–H groups in total. The van der Waals surface area contributed by atoms with Gasteiger partial charge in [0, 0.05) is 36.2 Å². The number of hydrogen-bond donors (Lipinski definition) is 1. The van der Waals surface area contributed by atoms with E-state index in [1.807, 2.05) is 18.2 Å². The Morgan fingerprint density at radius 2 is 1.45 bits per heavy atom. The summed E-state index contributed by atoms with van der Waals surface area (Å²) in [5, 5.41) is 3.31. The van der Waals surface area contributed by atoms with Crippen LogP contribution in [-0.2, 0) is 19.1 Å². The number of benzene rings is 2. The molecule has 1 heterocycles. The summed E-state index contributed by atoms with van der Waals surface area (Å²) < 4.78 is 26.6. The van der Waals surface area contributed by atoms with Crippen LogP contribution < -0.4 is 24.3 Å². The summed E-state index contributed by atoms with van der Waals surface area (Å²) in [4.78, 5) is 38.2. The third-order valence-electron chi connectivity index (χ3n) is 6.89. The summed E-state index contributed by atoms with van der Waals surface area (Å²) in [6, 6.07) is 10.7. The first-order valence-corrected chi connectivity index (χ1v) is 12.1. The van der Waals surface area contributed by atoms with E-state index in [1.165, 1.54) is 21.1 Å². The zero-order chi connectivity index (χ0) is 27.6. The lowest BCUT2D eigenvalue weighted by Gasteiger charge is -2.36. The largest absolute Gasteiger partial charge is 0.493 e. The van der Waals surface area contributed by atoms with E-state index in [1.54, 1.807) is 39.3 Å². The quantitative estimate of drug-likeness (QED) is 0.424. The van der Waals surface area contributed by atoms with Gasteiger partial charge in [-0.05, 0) is 54.7 Å². The molecule has 38 heavy (non-hydrogen) atoms. The predicted octanol–water partition coefficient (Wildman–Crippen LogP) is 4.17. The number of esters is 2. The number of nitrogens with one attached hydrogen (secondary N) is 1. The highest BCUT2D eigenvalue weighted by Crippen LogP contribution is 2.47. The Morgan fingerprint density at radius 3 is 2.08 bits per heavy atom. The van der Waals surface area contributed by atoms with E-state index >= 15 is 0 Å². The third-order valence-corrected chi connectivity index (χ3v) is 6.89. The molecule has 9 nitrogen and oxygen atoms in total. The van der Waals surface area contributed by atoms with Crippen LogP contribution in [0.25, 0.3) is 0 Å². The molecule has 2 unspecified atom stereocenters. The maximum atomic E-state index is 13.8. The minimum atomic E-state index is -0.683. The van der Waals surface area contributed by atoms with E-state index in [9.17, 15) is 14.4 Å². The first-order valence-electron chi connectivity index (χ1n) is 12.1. The van der Waals surface area contributed by atoms with E-state index in [-0.39, 0.29) is 23.9 Å². The average Bonchev–Trinajstić information content (AvgIpc) is 2.91. The minimum Gasteiger partial charge on any atom is -0.493 e. The SMILES string of the molecule is COC(=O)C1=C(C)NC2=C(C(=O)CC(c3ccc(OC)c(OC)c3)C2)C1c1ccc(OC(C)=O)c(OC)c1. The summed E-state index contributed by atoms with van der Waals surface area (Å²) in [5.41, 5.74) is 3.79. The van der Waals surface area contributed by atoms with Gasteiger partial charge >= 0.3 is 11.9 Å². The molecule has 1 aliphatic carbocycles. The van der Waals surface area contributed by atoms with Crippen molar-refractivity contribution in [3.05, 3.63) is 70.1 Å². The fourth-order valence-electron chi connectivity index (χ4n) is 5.20. The molecule has 2 atom stereocenters. The average molecular weight is 522 g/mol. The monoisotopic (exact) mass is 521 g/mol. The van der Waals surface area contributed by atoms with Crippen molar-refractivity contribution in [3.63, 3.8) is 0 Å². The Labute approximate surface area is 221 Å². The maximum Gasteiger partial charge on any atom is 0.336 e. The summed E-state index contributed by atoms with van der Waals surface area (Å²) in [5.74, 6) is -0.122. The highest BCUT2D eigenvalue weighted by Gasteiger charge is 2.41. The highest BCUT2D eigenvalue weighted by atomic mass is 16.6. The number of ketones is 1. The van der Waals surface area contributed by atoms with Crippen molar-refractivity contribution in [2.75, 3.05) is 28.4 Å².